The SMILES string of the molecule is Cc1cc(C(=O)NC(C)c2ccc3c(c2)CC(=O)N3)sc1-c1ccc(F)cc1. The van der Waals surface area contributed by atoms with E-state index in [1.54, 1.807) is 12.1 Å². The van der Waals surface area contributed by atoms with Gasteiger partial charge in [0.1, 0.15) is 5.82 Å². The number of aryl methyl sites for hydroxylation is 1. The van der Waals surface area contributed by atoms with Crippen LogP contribution in [-0.2, 0) is 11.2 Å². The molecule has 0 spiro atoms. The molecule has 4 nitrogen and oxygen atoms in total. The largest absolute Gasteiger partial charge is 0.345 e. The number of amides is 2. The van der Waals surface area contributed by atoms with Gasteiger partial charge in [-0.1, -0.05) is 24.3 Å². The van der Waals surface area contributed by atoms with E-state index in [0.717, 1.165) is 32.8 Å². The summed E-state index contributed by atoms with van der Waals surface area (Å²) >= 11 is 1.39. The molecule has 0 saturated carbocycles. The molecule has 0 bridgehead atoms. The molecular weight excluding hydrogens is 375 g/mol. The Kier molecular flexibility index (Phi) is 4.73. The van der Waals surface area contributed by atoms with Crippen molar-refractivity contribution in [2.24, 2.45) is 0 Å². The molecule has 0 saturated heterocycles. The molecule has 0 radical (unpaired) electrons. The molecule has 1 aliphatic heterocycles. The number of carbonyl (C=O) groups excluding carboxylic acids is 2. The number of nitrogens with one attached hydrogen (secondary N) is 2. The Balaban J connectivity index is 1.51. The predicted molar refractivity (Wildman–Crippen MR) is 109 cm³/mol. The van der Waals surface area contributed by atoms with Gasteiger partial charge in [0.15, 0.2) is 0 Å². The molecule has 0 fully saturated rings. The van der Waals surface area contributed by atoms with Crippen molar-refractivity contribution in [2.75, 3.05) is 5.32 Å². The van der Waals surface area contributed by atoms with Gasteiger partial charge in [0.2, 0.25) is 5.91 Å². The van der Waals surface area contributed by atoms with Crippen LogP contribution in [-0.4, -0.2) is 11.8 Å². The highest BCUT2D eigenvalue weighted by Gasteiger charge is 2.20. The van der Waals surface area contributed by atoms with Crippen LogP contribution in [0.3, 0.4) is 0 Å². The summed E-state index contributed by atoms with van der Waals surface area (Å²) < 4.78 is 13.2. The molecule has 2 heterocycles. The molecule has 0 aliphatic carbocycles. The maximum absolute atomic E-state index is 13.2. The Hall–Kier alpha value is -2.99. The molecule has 2 aromatic carbocycles. The van der Waals surface area contributed by atoms with Crippen molar-refractivity contribution in [1.29, 1.82) is 0 Å². The third-order valence-electron chi connectivity index (χ3n) is 4.85. The molecule has 142 valence electrons. The van der Waals surface area contributed by atoms with Crippen molar-refractivity contribution >= 4 is 28.8 Å². The van der Waals surface area contributed by atoms with Crippen LogP contribution in [0.4, 0.5) is 10.1 Å². The highest BCUT2D eigenvalue weighted by Crippen LogP contribution is 2.33. The lowest BCUT2D eigenvalue weighted by molar-refractivity contribution is -0.115. The standard InChI is InChI=1S/C22H19FN2O2S/c1-12-9-19(28-21(12)14-3-6-17(23)7-4-14)22(27)24-13(2)15-5-8-18-16(10-15)11-20(26)25-18/h3-10,13H,11H2,1-2H3,(H,24,27)(H,25,26). The van der Waals surface area contributed by atoms with Gasteiger partial charge in [-0.2, -0.15) is 0 Å². The number of hydrogen-bond donors (Lipinski definition) is 2. The number of hydrogen-bond acceptors (Lipinski definition) is 3. The predicted octanol–water partition coefficient (Wildman–Crippen LogP) is 4.85. The number of halogens is 1. The third-order valence-corrected chi connectivity index (χ3v) is 6.13. The fraction of sp³-hybridized carbons (Fsp3) is 0.182. The molecule has 2 amide bonds. The van der Waals surface area contributed by atoms with Gasteiger partial charge >= 0.3 is 0 Å². The maximum atomic E-state index is 13.2. The first-order valence-corrected chi connectivity index (χ1v) is 9.82. The highest BCUT2D eigenvalue weighted by atomic mass is 32.1. The van der Waals surface area contributed by atoms with Gasteiger partial charge in [0, 0.05) is 10.6 Å². The van der Waals surface area contributed by atoms with Crippen molar-refractivity contribution in [2.45, 2.75) is 26.3 Å². The summed E-state index contributed by atoms with van der Waals surface area (Å²) in [6.45, 7) is 3.87. The quantitative estimate of drug-likeness (QED) is 0.665. The van der Waals surface area contributed by atoms with E-state index >= 15 is 0 Å². The van der Waals surface area contributed by atoms with E-state index in [4.69, 9.17) is 0 Å². The summed E-state index contributed by atoms with van der Waals surface area (Å²) in [5.41, 5.74) is 4.62. The number of anilines is 1. The second kappa shape index (κ2) is 7.20. The minimum absolute atomic E-state index is 0.00813. The Morgan fingerprint density at radius 3 is 2.68 bits per heavy atom. The van der Waals surface area contributed by atoms with Crippen LogP contribution in [0, 0.1) is 12.7 Å². The lowest BCUT2D eigenvalue weighted by Gasteiger charge is -2.14. The summed E-state index contributed by atoms with van der Waals surface area (Å²) in [4.78, 5) is 25.8. The van der Waals surface area contributed by atoms with Crippen LogP contribution < -0.4 is 10.6 Å². The first-order chi connectivity index (χ1) is 13.4. The normalized spacial score (nSPS) is 13.8. The smallest absolute Gasteiger partial charge is 0.261 e. The number of fused-ring (bicyclic) bond motifs is 1. The minimum Gasteiger partial charge on any atom is -0.345 e. The zero-order valence-electron chi connectivity index (χ0n) is 15.5. The summed E-state index contributed by atoms with van der Waals surface area (Å²) in [6.07, 6.45) is 0.370. The fourth-order valence-electron chi connectivity index (χ4n) is 3.35. The summed E-state index contributed by atoms with van der Waals surface area (Å²) in [6, 6.07) is 13.7. The number of rotatable bonds is 4. The first kappa shape index (κ1) is 18.4. The molecule has 1 aliphatic rings. The number of carbonyl (C=O) groups is 2. The fourth-order valence-corrected chi connectivity index (χ4v) is 4.43. The second-order valence-corrected chi connectivity index (χ2v) is 8.02. The van der Waals surface area contributed by atoms with Gasteiger partial charge in [0.25, 0.3) is 5.91 Å². The molecule has 4 rings (SSSR count). The third kappa shape index (κ3) is 3.55. The average Bonchev–Trinajstić information content (AvgIpc) is 3.23. The Morgan fingerprint density at radius 1 is 1.18 bits per heavy atom. The molecule has 6 heteroatoms. The van der Waals surface area contributed by atoms with Crippen LogP contribution in [0.25, 0.3) is 10.4 Å². The monoisotopic (exact) mass is 394 g/mol. The lowest BCUT2D eigenvalue weighted by atomic mass is 10.0. The number of benzene rings is 2. The number of thiophene rings is 1. The molecular formula is C22H19FN2O2S. The van der Waals surface area contributed by atoms with Gasteiger partial charge in [-0.25, -0.2) is 4.39 Å². The zero-order valence-corrected chi connectivity index (χ0v) is 16.3. The molecule has 1 atom stereocenters. The van der Waals surface area contributed by atoms with E-state index in [2.05, 4.69) is 10.6 Å². The van der Waals surface area contributed by atoms with Crippen LogP contribution in [0.2, 0.25) is 0 Å². The van der Waals surface area contributed by atoms with Gasteiger partial charge < -0.3 is 10.6 Å². The minimum atomic E-state index is -0.281. The summed E-state index contributed by atoms with van der Waals surface area (Å²) in [5, 5.41) is 5.83. The summed E-state index contributed by atoms with van der Waals surface area (Å²) in [7, 11) is 0. The van der Waals surface area contributed by atoms with Gasteiger partial charge in [-0.3, -0.25) is 9.59 Å². The van der Waals surface area contributed by atoms with Crippen molar-refractivity contribution in [1.82, 2.24) is 5.32 Å². The topological polar surface area (TPSA) is 58.2 Å². The van der Waals surface area contributed by atoms with Crippen LogP contribution in [0.15, 0.2) is 48.5 Å². The average molecular weight is 394 g/mol. The Labute approximate surface area is 166 Å². The Bertz CT molecular complexity index is 1070. The maximum Gasteiger partial charge on any atom is 0.261 e. The molecule has 1 aromatic heterocycles. The molecule has 2 N–H and O–H groups in total. The van der Waals surface area contributed by atoms with Crippen LogP contribution in [0.1, 0.15) is 39.3 Å². The van der Waals surface area contributed by atoms with E-state index < -0.39 is 0 Å². The van der Waals surface area contributed by atoms with Crippen LogP contribution in [0.5, 0.6) is 0 Å². The molecule has 28 heavy (non-hydrogen) atoms. The zero-order chi connectivity index (χ0) is 19.8. The van der Waals surface area contributed by atoms with Gasteiger partial charge in [-0.15, -0.1) is 11.3 Å². The van der Waals surface area contributed by atoms with Crippen molar-refractivity contribution < 1.29 is 14.0 Å². The summed E-state index contributed by atoms with van der Waals surface area (Å²) in [5.74, 6) is -0.439. The van der Waals surface area contributed by atoms with E-state index in [9.17, 15) is 14.0 Å². The highest BCUT2D eigenvalue weighted by molar-refractivity contribution is 7.17. The van der Waals surface area contributed by atoms with E-state index in [0.29, 0.717) is 11.3 Å². The van der Waals surface area contributed by atoms with E-state index in [-0.39, 0.29) is 23.7 Å². The first-order valence-electron chi connectivity index (χ1n) is 9.00. The molecule has 1 unspecified atom stereocenters. The molecule has 3 aromatic rings. The van der Waals surface area contributed by atoms with Gasteiger partial charge in [-0.05, 0) is 60.4 Å². The van der Waals surface area contributed by atoms with Gasteiger partial charge in [0.05, 0.1) is 17.3 Å². The second-order valence-electron chi connectivity index (χ2n) is 6.97. The van der Waals surface area contributed by atoms with Crippen molar-refractivity contribution in [3.8, 4) is 10.4 Å². The van der Waals surface area contributed by atoms with E-state index in [1.165, 1.54) is 23.5 Å². The van der Waals surface area contributed by atoms with E-state index in [1.807, 2.05) is 38.1 Å². The Morgan fingerprint density at radius 2 is 1.93 bits per heavy atom. The van der Waals surface area contributed by atoms with Crippen molar-refractivity contribution in [3.05, 3.63) is 75.9 Å². The van der Waals surface area contributed by atoms with Crippen LogP contribution >= 0.6 is 11.3 Å². The van der Waals surface area contributed by atoms with Crippen molar-refractivity contribution in [3.63, 3.8) is 0 Å². The lowest BCUT2D eigenvalue weighted by Crippen LogP contribution is -2.25.